The van der Waals surface area contributed by atoms with Crippen LogP contribution in [-0.4, -0.2) is 26.9 Å². The predicted molar refractivity (Wildman–Crippen MR) is 85.1 cm³/mol. The molecule has 5 N–H and O–H groups in total. The van der Waals surface area contributed by atoms with E-state index in [1.54, 1.807) is 24.4 Å². The van der Waals surface area contributed by atoms with Gasteiger partial charge in [0.1, 0.15) is 17.7 Å². The van der Waals surface area contributed by atoms with Gasteiger partial charge in [-0.05, 0) is 25.5 Å². The van der Waals surface area contributed by atoms with E-state index < -0.39 is 0 Å². The molecule has 0 saturated heterocycles. The quantitative estimate of drug-likeness (QED) is 0.596. The fourth-order valence-electron chi connectivity index (χ4n) is 1.62. The van der Waals surface area contributed by atoms with Gasteiger partial charge in [-0.15, -0.1) is 0 Å². The number of nitrogens with zero attached hydrogens (tertiary/aromatic N) is 3. The van der Waals surface area contributed by atoms with Crippen LogP contribution in [0.2, 0.25) is 0 Å². The Kier molecular flexibility index (Phi) is 5.07. The van der Waals surface area contributed by atoms with Gasteiger partial charge in [-0.25, -0.2) is 9.97 Å². The Morgan fingerprint density at radius 3 is 2.73 bits per heavy atom. The molecule has 1 amide bonds. The average molecular weight is 301 g/mol. The molecule has 0 aliphatic heterocycles. The molecule has 8 nitrogen and oxygen atoms in total. The molecular formula is C14H19N7O. The summed E-state index contributed by atoms with van der Waals surface area (Å²) in [6.45, 7) is 4.08. The molecule has 0 aliphatic rings. The van der Waals surface area contributed by atoms with E-state index in [9.17, 15) is 4.79 Å². The predicted octanol–water partition coefficient (Wildman–Crippen LogP) is 1.42. The topological polar surface area (TPSA) is 118 Å². The van der Waals surface area contributed by atoms with Gasteiger partial charge in [0.05, 0.1) is 0 Å². The Balaban J connectivity index is 2.04. The van der Waals surface area contributed by atoms with Crippen molar-refractivity contribution in [2.24, 2.45) is 0 Å². The minimum atomic E-state index is -0.380. The van der Waals surface area contributed by atoms with Crippen molar-refractivity contribution in [2.45, 2.75) is 26.3 Å². The van der Waals surface area contributed by atoms with Crippen LogP contribution in [0.4, 0.5) is 17.3 Å². The van der Waals surface area contributed by atoms with E-state index in [0.717, 1.165) is 6.42 Å². The van der Waals surface area contributed by atoms with Gasteiger partial charge in [0.15, 0.2) is 11.6 Å². The van der Waals surface area contributed by atoms with Crippen LogP contribution in [0.15, 0.2) is 30.7 Å². The summed E-state index contributed by atoms with van der Waals surface area (Å²) in [5.41, 5.74) is 11.8. The van der Waals surface area contributed by atoms with Crippen molar-refractivity contribution in [1.29, 1.82) is 0 Å². The zero-order valence-electron chi connectivity index (χ0n) is 12.5. The first-order chi connectivity index (χ1) is 10.6. The summed E-state index contributed by atoms with van der Waals surface area (Å²) in [7, 11) is 0. The first-order valence-corrected chi connectivity index (χ1v) is 6.96. The Morgan fingerprint density at radius 2 is 2.05 bits per heavy atom. The first kappa shape index (κ1) is 15.5. The number of aromatic nitrogens is 3. The van der Waals surface area contributed by atoms with Crippen LogP contribution in [0, 0.1) is 0 Å². The lowest BCUT2D eigenvalue weighted by atomic mass is 10.2. The van der Waals surface area contributed by atoms with E-state index in [4.69, 9.17) is 5.73 Å². The molecule has 2 aromatic heterocycles. The lowest BCUT2D eigenvalue weighted by Gasteiger charge is -2.16. The van der Waals surface area contributed by atoms with E-state index in [1.807, 2.05) is 6.92 Å². The fraction of sp³-hybridized carbons (Fsp3) is 0.286. The molecule has 116 valence electrons. The highest BCUT2D eigenvalue weighted by molar-refractivity contribution is 5.93. The first-order valence-electron chi connectivity index (χ1n) is 6.96. The molecule has 0 aliphatic carbocycles. The highest BCUT2D eigenvalue weighted by Crippen LogP contribution is 2.22. The second kappa shape index (κ2) is 7.21. The molecule has 0 spiro atoms. The Hall–Kier alpha value is -2.90. The summed E-state index contributed by atoms with van der Waals surface area (Å²) < 4.78 is 0. The van der Waals surface area contributed by atoms with E-state index in [2.05, 4.69) is 38.0 Å². The molecule has 2 aromatic rings. The third kappa shape index (κ3) is 3.81. The minimum Gasteiger partial charge on any atom is -0.393 e. The number of carbonyl (C=O) groups is 1. The summed E-state index contributed by atoms with van der Waals surface area (Å²) in [5, 5.41) is 3.18. The molecule has 0 fully saturated rings. The maximum Gasteiger partial charge on any atom is 0.288 e. The molecule has 0 saturated carbocycles. The smallest absolute Gasteiger partial charge is 0.288 e. The molecule has 0 radical (unpaired) electrons. The van der Waals surface area contributed by atoms with E-state index >= 15 is 0 Å². The third-order valence-corrected chi connectivity index (χ3v) is 3.07. The third-order valence-electron chi connectivity index (χ3n) is 3.07. The highest BCUT2D eigenvalue weighted by atomic mass is 16.2. The van der Waals surface area contributed by atoms with Crippen LogP contribution < -0.4 is 21.9 Å². The van der Waals surface area contributed by atoms with Crippen LogP contribution in [-0.2, 0) is 0 Å². The Labute approximate surface area is 128 Å². The number of amides is 1. The minimum absolute atomic E-state index is 0.230. The Bertz CT molecular complexity index is 632. The molecule has 1 unspecified atom stereocenters. The van der Waals surface area contributed by atoms with Gasteiger partial charge in [-0.3, -0.25) is 20.6 Å². The summed E-state index contributed by atoms with van der Waals surface area (Å²) >= 11 is 0. The summed E-state index contributed by atoms with van der Waals surface area (Å²) in [5.74, 6) is 0.471. The second-order valence-electron chi connectivity index (χ2n) is 4.73. The van der Waals surface area contributed by atoms with Gasteiger partial charge in [0.25, 0.3) is 5.91 Å². The van der Waals surface area contributed by atoms with Crippen LogP contribution in [0.25, 0.3) is 0 Å². The van der Waals surface area contributed by atoms with Gasteiger partial charge in [-0.2, -0.15) is 0 Å². The van der Waals surface area contributed by atoms with Crippen LogP contribution in [0.5, 0.6) is 0 Å². The van der Waals surface area contributed by atoms with Crippen LogP contribution in [0.1, 0.15) is 30.8 Å². The number of hydrogen-bond acceptors (Lipinski definition) is 7. The van der Waals surface area contributed by atoms with E-state index in [0.29, 0.717) is 23.0 Å². The number of nitrogens with two attached hydrogens (primary N) is 1. The SMILES string of the molecule is CCC(C)Nc1ncnc(NNC(=O)c2ccccn2)c1N. The van der Waals surface area contributed by atoms with Crippen molar-refractivity contribution in [1.82, 2.24) is 20.4 Å². The molecule has 22 heavy (non-hydrogen) atoms. The van der Waals surface area contributed by atoms with Gasteiger partial charge in [0, 0.05) is 12.2 Å². The molecule has 1 atom stereocenters. The normalized spacial score (nSPS) is 11.5. The summed E-state index contributed by atoms with van der Waals surface area (Å²) in [4.78, 5) is 24.0. The van der Waals surface area contributed by atoms with Gasteiger partial charge in [0.2, 0.25) is 0 Å². The zero-order chi connectivity index (χ0) is 15.9. The largest absolute Gasteiger partial charge is 0.393 e. The highest BCUT2D eigenvalue weighted by Gasteiger charge is 2.11. The lowest BCUT2D eigenvalue weighted by Crippen LogP contribution is -2.31. The van der Waals surface area contributed by atoms with Gasteiger partial charge >= 0.3 is 0 Å². The number of hydrogen-bond donors (Lipinski definition) is 4. The molecule has 2 rings (SSSR count). The molecule has 0 aromatic carbocycles. The fourth-order valence-corrected chi connectivity index (χ4v) is 1.62. The van der Waals surface area contributed by atoms with Crippen molar-refractivity contribution in [2.75, 3.05) is 16.5 Å². The molecule has 0 bridgehead atoms. The van der Waals surface area contributed by atoms with Crippen LogP contribution in [0.3, 0.4) is 0 Å². The summed E-state index contributed by atoms with van der Waals surface area (Å²) in [6, 6.07) is 5.30. The molecule has 8 heteroatoms. The van der Waals surface area contributed by atoms with Crippen molar-refractivity contribution in [3.63, 3.8) is 0 Å². The summed E-state index contributed by atoms with van der Waals surface area (Å²) in [6.07, 6.45) is 3.85. The van der Waals surface area contributed by atoms with Gasteiger partial charge in [-0.1, -0.05) is 13.0 Å². The number of anilines is 3. The maximum atomic E-state index is 11.9. The molecular weight excluding hydrogens is 282 g/mol. The van der Waals surface area contributed by atoms with Crippen molar-refractivity contribution in [3.05, 3.63) is 36.4 Å². The average Bonchev–Trinajstić information content (AvgIpc) is 2.56. The number of pyridine rings is 1. The zero-order valence-corrected chi connectivity index (χ0v) is 12.5. The van der Waals surface area contributed by atoms with Crippen molar-refractivity contribution in [3.8, 4) is 0 Å². The van der Waals surface area contributed by atoms with Crippen LogP contribution >= 0.6 is 0 Å². The monoisotopic (exact) mass is 301 g/mol. The maximum absolute atomic E-state index is 11.9. The Morgan fingerprint density at radius 1 is 1.27 bits per heavy atom. The standard InChI is InChI=1S/C14H19N7O/c1-3-9(2)19-12-11(15)13(18-8-17-12)20-21-14(22)10-6-4-5-7-16-10/h4-9H,3,15H2,1-2H3,(H,21,22)(H2,17,18,19,20). The van der Waals surface area contributed by atoms with E-state index in [-0.39, 0.29) is 11.9 Å². The number of carbonyl (C=O) groups excluding carboxylic acids is 1. The van der Waals surface area contributed by atoms with E-state index in [1.165, 1.54) is 6.33 Å². The number of rotatable bonds is 6. The number of nitrogens with one attached hydrogen (secondary N) is 3. The number of nitrogen functional groups attached to an aromatic ring is 1. The van der Waals surface area contributed by atoms with Gasteiger partial charge < -0.3 is 11.1 Å². The molecule has 2 heterocycles. The van der Waals surface area contributed by atoms with Crippen molar-refractivity contribution >= 4 is 23.2 Å². The van der Waals surface area contributed by atoms with Crippen molar-refractivity contribution < 1.29 is 4.79 Å². The second-order valence-corrected chi connectivity index (χ2v) is 4.73. The lowest BCUT2D eigenvalue weighted by molar-refractivity contribution is 0.0957. The number of hydrazine groups is 1.